The summed E-state index contributed by atoms with van der Waals surface area (Å²) in [6.07, 6.45) is 4.92. The summed E-state index contributed by atoms with van der Waals surface area (Å²) in [4.78, 5) is 36.1. The van der Waals surface area contributed by atoms with E-state index in [4.69, 9.17) is 11.5 Å². The van der Waals surface area contributed by atoms with Gasteiger partial charge in [-0.1, -0.05) is 0 Å². The van der Waals surface area contributed by atoms with Crippen LogP contribution in [-0.4, -0.2) is 67.8 Å². The van der Waals surface area contributed by atoms with E-state index in [1.165, 1.54) is 42.5 Å². The number of carbonyl (C=O) groups excluding carboxylic acids is 3. The number of nitrogens with zero attached hydrogens (tertiary/aromatic N) is 4. The van der Waals surface area contributed by atoms with Crippen LogP contribution >= 0.6 is 0 Å². The monoisotopic (exact) mass is 861 g/mol. The molecular weight excluding hydrogens is 835 g/mol. The molecule has 0 saturated heterocycles. The molecule has 0 unspecified atom stereocenters. The minimum Gasteiger partial charge on any atom is -0.399 e. The smallest absolute Gasteiger partial charge is 0.296 e. The molecule has 4 aromatic carbocycles. The number of hydrogen-bond donors (Lipinski definition) is 8. The summed E-state index contributed by atoms with van der Waals surface area (Å²) in [6.45, 7) is 0. The highest BCUT2D eigenvalue weighted by Gasteiger charge is 2.37. The molecule has 24 heteroatoms. The van der Waals surface area contributed by atoms with Crippen LogP contribution in [0.1, 0.15) is 26.3 Å². The Hall–Kier alpha value is -7.22. The maximum atomic E-state index is 13.7. The molecule has 0 spiro atoms. The number of azo groups is 1. The van der Waals surface area contributed by atoms with Crippen molar-refractivity contribution in [3.05, 3.63) is 124 Å². The minimum atomic E-state index is -5.23. The zero-order valence-electron chi connectivity index (χ0n) is 29.5. The number of hydrogen-bond acceptors (Lipinski definition) is 17. The lowest BCUT2D eigenvalue weighted by molar-refractivity contribution is -0.108. The lowest BCUT2D eigenvalue weighted by atomic mass is 9.92. The highest BCUT2D eigenvalue weighted by molar-refractivity contribution is 7.91. The molecule has 0 saturated carbocycles. The highest BCUT2D eigenvalue weighted by atomic mass is 32.2. The van der Waals surface area contributed by atoms with E-state index in [0.717, 1.165) is 24.3 Å². The first kappa shape index (κ1) is 41.4. The molecule has 0 atom stereocenters. The summed E-state index contributed by atoms with van der Waals surface area (Å²) < 4.78 is 101. The van der Waals surface area contributed by atoms with Crippen LogP contribution in [-0.2, 0) is 35.1 Å². The molecule has 21 nitrogen and oxygen atoms in total. The fourth-order valence-electron chi connectivity index (χ4n) is 5.29. The van der Waals surface area contributed by atoms with Gasteiger partial charge in [-0.15, -0.1) is 5.11 Å². The largest absolute Gasteiger partial charge is 0.399 e. The van der Waals surface area contributed by atoms with Gasteiger partial charge in [-0.3, -0.25) is 38.9 Å². The van der Waals surface area contributed by atoms with Gasteiger partial charge in [0.1, 0.15) is 21.2 Å². The lowest BCUT2D eigenvalue weighted by Gasteiger charge is -2.20. The van der Waals surface area contributed by atoms with Crippen LogP contribution in [0.4, 0.5) is 34.1 Å². The number of carbonyl (C=O) groups is 3. The summed E-state index contributed by atoms with van der Waals surface area (Å²) in [5.41, 5.74) is 15.1. The summed E-state index contributed by atoms with van der Waals surface area (Å²) >= 11 is 0. The van der Waals surface area contributed by atoms with E-state index >= 15 is 0 Å². The molecule has 2 aliphatic rings. The van der Waals surface area contributed by atoms with Gasteiger partial charge in [0.05, 0.1) is 33.2 Å². The molecule has 4 aromatic rings. The first-order chi connectivity index (χ1) is 27.7. The van der Waals surface area contributed by atoms with Crippen LogP contribution in [0.3, 0.4) is 0 Å². The topological polar surface area (TPSA) is 352 Å². The number of nitrogens with one attached hydrogen (secondary N) is 3. The first-order valence-electron chi connectivity index (χ1n) is 16.2. The summed E-state index contributed by atoms with van der Waals surface area (Å²) in [6, 6.07) is 16.6. The number of fused-ring (bicyclic) bond motifs is 1. The van der Waals surface area contributed by atoms with Crippen LogP contribution in [0.15, 0.2) is 138 Å². The molecule has 6 rings (SSSR count). The third-order valence-electron chi connectivity index (χ3n) is 8.13. The third kappa shape index (κ3) is 9.50. The van der Waals surface area contributed by atoms with Crippen molar-refractivity contribution in [3.63, 3.8) is 0 Å². The second-order valence-corrected chi connectivity index (χ2v) is 16.4. The number of benzene rings is 4. The van der Waals surface area contributed by atoms with E-state index in [2.05, 4.69) is 36.6 Å². The van der Waals surface area contributed by atoms with E-state index < -0.39 is 85.0 Å². The van der Waals surface area contributed by atoms with Crippen LogP contribution in [0.25, 0.3) is 6.08 Å². The van der Waals surface area contributed by atoms with Crippen molar-refractivity contribution >= 4 is 99.5 Å². The number of anilines is 4. The number of ketones is 2. The molecule has 0 radical (unpaired) electrons. The standard InChI is InChI=1S/C35H27N9O12S3/c36-20-3-14-26(27(45)17-20)42-39-23-8-6-21(7-9-23)38-35(47)18-1-4-22(5-2-18)40-43-32-28(58(51,52)53)15-19-16-29(59(54,55)56)33(34(46)30(19)31(32)37)44-41-24-10-12-25(13-11-24)57(48,49)50/h1-17,39,41H,36-37H2,(H,38,47)(H,48,49,50)(H,51,52,53)(H,54,55,56)/b42-26-,43-40?,44-33-. The quantitative estimate of drug-likeness (QED) is 0.0346. The maximum Gasteiger partial charge on any atom is 0.296 e. The SMILES string of the molecule is NC1=CC(=O)/C(=N\Nc2ccc(NC(=O)c3ccc(N=Nc4c(S(=O)(=O)O)cc5c(c4N)C(=O)/C(=N\Nc4ccc(S(=O)(=O)O)cc4)C(S(=O)(=O)O)=C5)cc3)cc2)C=C1. The van der Waals surface area contributed by atoms with Crippen LogP contribution in [0.5, 0.6) is 0 Å². The van der Waals surface area contributed by atoms with Gasteiger partial charge in [0.25, 0.3) is 36.3 Å². The molecule has 0 bridgehead atoms. The van der Waals surface area contributed by atoms with Crippen molar-refractivity contribution in [1.82, 2.24) is 0 Å². The molecular formula is C35H27N9O12S3. The Kier molecular flexibility index (Phi) is 11.2. The van der Waals surface area contributed by atoms with Gasteiger partial charge in [-0.25, -0.2) is 0 Å². The van der Waals surface area contributed by atoms with Crippen LogP contribution in [0, 0.1) is 0 Å². The number of amides is 1. The number of Topliss-reactive ketones (excluding diaryl/α,β-unsaturated/α-hetero) is 1. The predicted molar refractivity (Wildman–Crippen MR) is 214 cm³/mol. The van der Waals surface area contributed by atoms with E-state index in [1.54, 1.807) is 24.3 Å². The fourth-order valence-corrected chi connectivity index (χ4v) is 7.10. The maximum absolute atomic E-state index is 13.7. The Labute approximate surface area is 333 Å². The van der Waals surface area contributed by atoms with Gasteiger partial charge in [0.2, 0.25) is 11.6 Å². The van der Waals surface area contributed by atoms with E-state index in [-0.39, 0.29) is 28.4 Å². The van der Waals surface area contributed by atoms with Crippen molar-refractivity contribution in [2.24, 2.45) is 26.2 Å². The molecule has 0 aromatic heterocycles. The third-order valence-corrected chi connectivity index (χ3v) is 10.7. The zero-order chi connectivity index (χ0) is 42.9. The van der Waals surface area contributed by atoms with Gasteiger partial charge in [-0.2, -0.15) is 40.6 Å². The van der Waals surface area contributed by atoms with Gasteiger partial charge in [0, 0.05) is 23.0 Å². The Morgan fingerprint density at radius 1 is 0.661 bits per heavy atom. The number of allylic oxidation sites excluding steroid dienone is 4. The van der Waals surface area contributed by atoms with Gasteiger partial charge < -0.3 is 16.8 Å². The summed E-state index contributed by atoms with van der Waals surface area (Å²) in [7, 11) is -15.0. The Bertz CT molecular complexity index is 2980. The second-order valence-electron chi connectivity index (χ2n) is 12.2. The average molecular weight is 862 g/mol. The highest BCUT2D eigenvalue weighted by Crippen LogP contribution is 2.41. The van der Waals surface area contributed by atoms with Crippen molar-refractivity contribution < 1.29 is 53.3 Å². The number of nitrogen functional groups attached to an aromatic ring is 1. The van der Waals surface area contributed by atoms with Crippen molar-refractivity contribution in [2.45, 2.75) is 9.79 Å². The van der Waals surface area contributed by atoms with Crippen molar-refractivity contribution in [3.8, 4) is 0 Å². The summed E-state index contributed by atoms with van der Waals surface area (Å²) in [5, 5.41) is 18.3. The van der Waals surface area contributed by atoms with Gasteiger partial charge in [-0.05, 0) is 103 Å². The molecule has 0 aliphatic heterocycles. The molecule has 10 N–H and O–H groups in total. The number of nitrogens with two attached hydrogens (primary N) is 2. The molecule has 0 heterocycles. The summed E-state index contributed by atoms with van der Waals surface area (Å²) in [5.74, 6) is -2.14. The lowest BCUT2D eigenvalue weighted by Crippen LogP contribution is -2.28. The molecule has 59 heavy (non-hydrogen) atoms. The number of hydrazone groups is 2. The van der Waals surface area contributed by atoms with Crippen LogP contribution in [0.2, 0.25) is 0 Å². The fraction of sp³-hybridized carbons (Fsp3) is 0. The Morgan fingerprint density at radius 2 is 1.25 bits per heavy atom. The van der Waals surface area contributed by atoms with E-state index in [0.29, 0.717) is 29.2 Å². The normalized spacial score (nSPS) is 15.8. The zero-order valence-corrected chi connectivity index (χ0v) is 31.9. The molecule has 1 amide bonds. The Balaban J connectivity index is 1.23. The van der Waals surface area contributed by atoms with Crippen molar-refractivity contribution in [1.29, 1.82) is 0 Å². The predicted octanol–water partition coefficient (Wildman–Crippen LogP) is 4.07. The second kappa shape index (κ2) is 16.0. The van der Waals surface area contributed by atoms with E-state index in [9.17, 15) is 53.3 Å². The number of rotatable bonds is 11. The van der Waals surface area contributed by atoms with E-state index in [1.807, 2.05) is 0 Å². The van der Waals surface area contributed by atoms with Crippen molar-refractivity contribution in [2.75, 3.05) is 21.9 Å². The minimum absolute atomic E-state index is 0.00244. The van der Waals surface area contributed by atoms with Gasteiger partial charge in [0.15, 0.2) is 5.71 Å². The molecule has 2 aliphatic carbocycles. The Morgan fingerprint density at radius 3 is 1.83 bits per heavy atom. The van der Waals surface area contributed by atoms with Gasteiger partial charge >= 0.3 is 0 Å². The average Bonchev–Trinajstić information content (AvgIpc) is 3.16. The molecule has 0 fully saturated rings. The first-order valence-corrected chi connectivity index (χ1v) is 20.6. The van der Waals surface area contributed by atoms with Crippen LogP contribution < -0.4 is 27.6 Å². The molecule has 302 valence electrons.